The monoisotopic (exact) mass is 275 g/mol. The summed E-state index contributed by atoms with van der Waals surface area (Å²) in [5, 5.41) is 8.55. The fourth-order valence-corrected chi connectivity index (χ4v) is 2.93. The van der Waals surface area contributed by atoms with Gasteiger partial charge < -0.3 is 9.67 Å². The summed E-state index contributed by atoms with van der Waals surface area (Å²) in [6.07, 6.45) is 1.20. The van der Waals surface area contributed by atoms with Crippen molar-refractivity contribution >= 4 is 16.0 Å². The number of imidazole rings is 1. The molecule has 7 nitrogen and oxygen atoms in total. The van der Waals surface area contributed by atoms with Gasteiger partial charge in [-0.3, -0.25) is 4.79 Å². The van der Waals surface area contributed by atoms with E-state index in [0.717, 1.165) is 4.31 Å². The van der Waals surface area contributed by atoms with Crippen molar-refractivity contribution in [2.45, 2.75) is 25.3 Å². The van der Waals surface area contributed by atoms with Gasteiger partial charge in [-0.2, -0.15) is 4.31 Å². The molecule has 0 radical (unpaired) electrons. The first-order valence-corrected chi connectivity index (χ1v) is 6.95. The predicted octanol–water partition coefficient (Wildman–Crippen LogP) is 0.214. The summed E-state index contributed by atoms with van der Waals surface area (Å²) >= 11 is 0. The Bertz CT molecular complexity index is 516. The maximum Gasteiger partial charge on any atom is 0.304 e. The van der Waals surface area contributed by atoms with Crippen LogP contribution < -0.4 is 0 Å². The van der Waals surface area contributed by atoms with E-state index in [0.29, 0.717) is 5.82 Å². The molecule has 8 heteroatoms. The van der Waals surface area contributed by atoms with Gasteiger partial charge in [0.1, 0.15) is 5.82 Å². The minimum atomic E-state index is -3.71. The predicted molar refractivity (Wildman–Crippen MR) is 64.6 cm³/mol. The number of hydrogen-bond donors (Lipinski definition) is 1. The Labute approximate surface area is 106 Å². The second-order valence-corrected chi connectivity index (χ2v) is 5.76. The molecule has 18 heavy (non-hydrogen) atoms. The van der Waals surface area contributed by atoms with Gasteiger partial charge >= 0.3 is 5.97 Å². The molecule has 102 valence electrons. The van der Waals surface area contributed by atoms with Gasteiger partial charge in [0.15, 0.2) is 5.03 Å². The fraction of sp³-hybridized carbons (Fsp3) is 0.600. The highest BCUT2D eigenvalue weighted by Gasteiger charge is 2.26. The van der Waals surface area contributed by atoms with E-state index in [9.17, 15) is 13.2 Å². The van der Waals surface area contributed by atoms with Crippen LogP contribution in [-0.2, 0) is 21.9 Å². The van der Waals surface area contributed by atoms with E-state index in [2.05, 4.69) is 4.98 Å². The van der Waals surface area contributed by atoms with Crippen molar-refractivity contribution in [1.82, 2.24) is 13.9 Å². The summed E-state index contributed by atoms with van der Waals surface area (Å²) in [5.74, 6) is -0.441. The number of aromatic nitrogens is 2. The van der Waals surface area contributed by atoms with E-state index in [4.69, 9.17) is 5.11 Å². The van der Waals surface area contributed by atoms with Gasteiger partial charge in [-0.15, -0.1) is 0 Å². The SMILES string of the molecule is CCN(CCC(=O)O)S(=O)(=O)c1cn(C)c(C)n1. The van der Waals surface area contributed by atoms with Gasteiger partial charge in [-0.25, -0.2) is 13.4 Å². The summed E-state index contributed by atoms with van der Waals surface area (Å²) in [5.41, 5.74) is 0. The van der Waals surface area contributed by atoms with E-state index in [1.54, 1.807) is 25.5 Å². The maximum atomic E-state index is 12.2. The van der Waals surface area contributed by atoms with Crippen molar-refractivity contribution < 1.29 is 18.3 Å². The maximum absolute atomic E-state index is 12.2. The second kappa shape index (κ2) is 5.49. The van der Waals surface area contributed by atoms with Gasteiger partial charge in [-0.1, -0.05) is 6.92 Å². The first kappa shape index (κ1) is 14.7. The largest absolute Gasteiger partial charge is 0.481 e. The van der Waals surface area contributed by atoms with Crippen LogP contribution in [0, 0.1) is 6.92 Å². The zero-order chi connectivity index (χ0) is 13.9. The highest BCUT2D eigenvalue weighted by atomic mass is 32.2. The number of carbonyl (C=O) groups is 1. The average molecular weight is 275 g/mol. The summed E-state index contributed by atoms with van der Waals surface area (Å²) in [7, 11) is -2.01. The Kier molecular flexibility index (Phi) is 4.47. The Morgan fingerprint density at radius 3 is 2.56 bits per heavy atom. The normalized spacial score (nSPS) is 12.0. The third kappa shape index (κ3) is 3.08. The number of aryl methyl sites for hydroxylation is 2. The van der Waals surface area contributed by atoms with Crippen LogP contribution in [0.25, 0.3) is 0 Å². The van der Waals surface area contributed by atoms with E-state index in [1.165, 1.54) is 6.20 Å². The third-order valence-electron chi connectivity index (χ3n) is 2.62. The van der Waals surface area contributed by atoms with Crippen LogP contribution in [0.2, 0.25) is 0 Å². The quantitative estimate of drug-likeness (QED) is 0.801. The molecular formula is C10H17N3O4S. The van der Waals surface area contributed by atoms with E-state index in [1.807, 2.05) is 0 Å². The van der Waals surface area contributed by atoms with Crippen LogP contribution in [0.1, 0.15) is 19.2 Å². The highest BCUT2D eigenvalue weighted by Crippen LogP contribution is 2.14. The van der Waals surface area contributed by atoms with Crippen LogP contribution >= 0.6 is 0 Å². The standard InChI is InChI=1S/C10H17N3O4S/c1-4-13(6-5-10(14)15)18(16,17)9-7-12(3)8(2)11-9/h7H,4-6H2,1-3H3,(H,14,15). The molecule has 0 aliphatic carbocycles. The molecule has 1 aromatic rings. The summed E-state index contributed by atoms with van der Waals surface area (Å²) in [6, 6.07) is 0. The number of aliphatic carboxylic acids is 1. The number of carboxylic acids is 1. The number of hydrogen-bond acceptors (Lipinski definition) is 4. The molecule has 1 aromatic heterocycles. The van der Waals surface area contributed by atoms with Crippen molar-refractivity contribution in [2.75, 3.05) is 13.1 Å². The van der Waals surface area contributed by atoms with Gasteiger partial charge in [0, 0.05) is 26.3 Å². The van der Waals surface area contributed by atoms with Crippen molar-refractivity contribution in [1.29, 1.82) is 0 Å². The number of rotatable bonds is 6. The summed E-state index contributed by atoms with van der Waals surface area (Å²) in [6.45, 7) is 3.52. The van der Waals surface area contributed by atoms with Crippen molar-refractivity contribution in [3.8, 4) is 0 Å². The molecule has 0 fully saturated rings. The lowest BCUT2D eigenvalue weighted by Gasteiger charge is -2.17. The Hall–Kier alpha value is -1.41. The van der Waals surface area contributed by atoms with Crippen LogP contribution in [-0.4, -0.2) is 46.4 Å². The lowest BCUT2D eigenvalue weighted by molar-refractivity contribution is -0.137. The van der Waals surface area contributed by atoms with Crippen molar-refractivity contribution in [3.63, 3.8) is 0 Å². The minimum absolute atomic E-state index is 0.0465. The van der Waals surface area contributed by atoms with Gasteiger partial charge in [0.05, 0.1) is 6.42 Å². The smallest absolute Gasteiger partial charge is 0.304 e. The van der Waals surface area contributed by atoms with Gasteiger partial charge in [-0.05, 0) is 6.92 Å². The highest BCUT2D eigenvalue weighted by molar-refractivity contribution is 7.89. The van der Waals surface area contributed by atoms with Crippen LogP contribution in [0.5, 0.6) is 0 Å². The van der Waals surface area contributed by atoms with Crippen molar-refractivity contribution in [3.05, 3.63) is 12.0 Å². The van der Waals surface area contributed by atoms with E-state index >= 15 is 0 Å². The number of nitrogens with zero attached hydrogens (tertiary/aromatic N) is 3. The molecule has 0 aromatic carbocycles. The molecule has 1 rings (SSSR count). The molecular weight excluding hydrogens is 258 g/mol. The molecule has 0 bridgehead atoms. The Morgan fingerprint density at radius 1 is 1.56 bits per heavy atom. The average Bonchev–Trinajstić information content (AvgIpc) is 2.60. The topological polar surface area (TPSA) is 92.5 Å². The van der Waals surface area contributed by atoms with Crippen LogP contribution in [0.4, 0.5) is 0 Å². The van der Waals surface area contributed by atoms with Crippen LogP contribution in [0.3, 0.4) is 0 Å². The fourth-order valence-electron chi connectivity index (χ4n) is 1.45. The number of carboxylic acid groups (broad SMARTS) is 1. The minimum Gasteiger partial charge on any atom is -0.481 e. The zero-order valence-electron chi connectivity index (χ0n) is 10.6. The molecule has 0 unspecified atom stereocenters. The second-order valence-electron chi connectivity index (χ2n) is 3.88. The Morgan fingerprint density at radius 2 is 2.17 bits per heavy atom. The molecule has 0 spiro atoms. The molecule has 0 amide bonds. The van der Waals surface area contributed by atoms with Gasteiger partial charge in [0.25, 0.3) is 10.0 Å². The molecule has 0 aliphatic rings. The van der Waals surface area contributed by atoms with Crippen LogP contribution in [0.15, 0.2) is 11.2 Å². The molecule has 0 atom stereocenters. The van der Waals surface area contributed by atoms with E-state index < -0.39 is 16.0 Å². The lowest BCUT2D eigenvalue weighted by Crippen LogP contribution is -2.33. The van der Waals surface area contributed by atoms with Crippen molar-refractivity contribution in [2.24, 2.45) is 7.05 Å². The summed E-state index contributed by atoms with van der Waals surface area (Å²) < 4.78 is 27.1. The first-order chi connectivity index (χ1) is 8.28. The first-order valence-electron chi connectivity index (χ1n) is 5.51. The summed E-state index contributed by atoms with van der Waals surface area (Å²) in [4.78, 5) is 14.5. The molecule has 1 N–H and O–H groups in total. The molecule has 1 heterocycles. The van der Waals surface area contributed by atoms with E-state index in [-0.39, 0.29) is 24.5 Å². The molecule has 0 saturated heterocycles. The lowest BCUT2D eigenvalue weighted by atomic mass is 10.4. The zero-order valence-corrected chi connectivity index (χ0v) is 11.4. The van der Waals surface area contributed by atoms with Gasteiger partial charge in [0.2, 0.25) is 0 Å². The third-order valence-corrected chi connectivity index (χ3v) is 4.46. The molecule has 0 aliphatic heterocycles. The Balaban J connectivity index is 2.99. The molecule has 0 saturated carbocycles. The number of sulfonamides is 1.